The summed E-state index contributed by atoms with van der Waals surface area (Å²) in [5.41, 5.74) is 7.46. The van der Waals surface area contributed by atoms with Crippen molar-refractivity contribution in [2.24, 2.45) is 5.73 Å². The molecular formula is C14H22BrN3O. The molecule has 0 heterocycles. The molecular weight excluding hydrogens is 306 g/mol. The molecule has 106 valence electrons. The highest BCUT2D eigenvalue weighted by atomic mass is 79.9. The molecule has 5 heteroatoms. The van der Waals surface area contributed by atoms with Gasteiger partial charge in [0, 0.05) is 29.3 Å². The van der Waals surface area contributed by atoms with Crippen molar-refractivity contribution in [3.63, 3.8) is 0 Å². The largest absolute Gasteiger partial charge is 0.368 e. The van der Waals surface area contributed by atoms with Gasteiger partial charge in [0.05, 0.1) is 6.54 Å². The third-order valence-corrected chi connectivity index (χ3v) is 3.57. The summed E-state index contributed by atoms with van der Waals surface area (Å²) in [6, 6.07) is 6.57. The van der Waals surface area contributed by atoms with E-state index >= 15 is 0 Å². The number of hydrogen-bond acceptors (Lipinski definition) is 3. The van der Waals surface area contributed by atoms with Crippen LogP contribution in [0.4, 0.5) is 5.69 Å². The van der Waals surface area contributed by atoms with Crippen molar-refractivity contribution >= 4 is 27.5 Å². The molecule has 1 aromatic carbocycles. The number of halogens is 1. The van der Waals surface area contributed by atoms with E-state index in [4.69, 9.17) is 5.73 Å². The van der Waals surface area contributed by atoms with Gasteiger partial charge in [-0.2, -0.15) is 0 Å². The predicted molar refractivity (Wildman–Crippen MR) is 83.2 cm³/mol. The molecule has 3 N–H and O–H groups in total. The van der Waals surface area contributed by atoms with Crippen LogP contribution in [0.1, 0.15) is 26.3 Å². The van der Waals surface area contributed by atoms with Crippen LogP contribution >= 0.6 is 15.9 Å². The van der Waals surface area contributed by atoms with Gasteiger partial charge in [0.15, 0.2) is 0 Å². The van der Waals surface area contributed by atoms with Crippen molar-refractivity contribution in [3.05, 3.63) is 28.2 Å². The zero-order valence-electron chi connectivity index (χ0n) is 11.7. The summed E-state index contributed by atoms with van der Waals surface area (Å²) in [5.74, 6) is -0.316. The van der Waals surface area contributed by atoms with Gasteiger partial charge < -0.3 is 16.0 Å². The fourth-order valence-corrected chi connectivity index (χ4v) is 2.27. The summed E-state index contributed by atoms with van der Waals surface area (Å²) in [6.07, 6.45) is 0. The molecule has 0 aromatic heterocycles. The van der Waals surface area contributed by atoms with Crippen LogP contribution in [-0.4, -0.2) is 25.0 Å². The van der Waals surface area contributed by atoms with E-state index in [9.17, 15) is 4.79 Å². The zero-order chi connectivity index (χ0) is 14.4. The monoisotopic (exact) mass is 327 g/mol. The molecule has 0 bridgehead atoms. The lowest BCUT2D eigenvalue weighted by atomic mass is 10.2. The Morgan fingerprint density at radius 1 is 1.47 bits per heavy atom. The van der Waals surface area contributed by atoms with Crippen molar-refractivity contribution in [3.8, 4) is 0 Å². The summed E-state index contributed by atoms with van der Waals surface area (Å²) >= 11 is 3.58. The standard InChI is InChI=1S/C14H22BrN3O/c1-4-18(9-14(16)19)12-6-5-11(13(15)7-12)8-17-10(2)3/h5-7,10,17H,4,8-9H2,1-3H3,(H2,16,19). The van der Waals surface area contributed by atoms with Crippen molar-refractivity contribution < 1.29 is 4.79 Å². The lowest BCUT2D eigenvalue weighted by Crippen LogP contribution is -2.33. The van der Waals surface area contributed by atoms with Crippen molar-refractivity contribution in [2.45, 2.75) is 33.4 Å². The van der Waals surface area contributed by atoms with E-state index in [1.54, 1.807) is 0 Å². The number of nitrogens with two attached hydrogens (primary N) is 1. The maximum atomic E-state index is 11.0. The Bertz CT molecular complexity index is 435. The second kappa shape index (κ2) is 7.50. The van der Waals surface area contributed by atoms with E-state index in [2.05, 4.69) is 41.2 Å². The first kappa shape index (κ1) is 16.0. The number of amides is 1. The molecule has 4 nitrogen and oxygen atoms in total. The fraction of sp³-hybridized carbons (Fsp3) is 0.500. The minimum absolute atomic E-state index is 0.243. The van der Waals surface area contributed by atoms with Crippen LogP contribution < -0.4 is 16.0 Å². The highest BCUT2D eigenvalue weighted by Gasteiger charge is 2.09. The number of hydrogen-bond donors (Lipinski definition) is 2. The first-order chi connectivity index (χ1) is 8.93. The first-order valence-electron chi connectivity index (χ1n) is 6.49. The molecule has 0 aliphatic carbocycles. The van der Waals surface area contributed by atoms with Gasteiger partial charge in [0.1, 0.15) is 0 Å². The number of anilines is 1. The third-order valence-electron chi connectivity index (χ3n) is 2.83. The van der Waals surface area contributed by atoms with E-state index in [-0.39, 0.29) is 12.5 Å². The number of primary amides is 1. The van der Waals surface area contributed by atoms with Crippen molar-refractivity contribution in [2.75, 3.05) is 18.0 Å². The van der Waals surface area contributed by atoms with Crippen LogP contribution in [0, 0.1) is 0 Å². The van der Waals surface area contributed by atoms with Gasteiger partial charge in [-0.05, 0) is 24.6 Å². The van der Waals surface area contributed by atoms with Crippen molar-refractivity contribution in [1.82, 2.24) is 5.32 Å². The Morgan fingerprint density at radius 2 is 2.16 bits per heavy atom. The van der Waals surface area contributed by atoms with E-state index < -0.39 is 0 Å². The second-order valence-corrected chi connectivity index (χ2v) is 5.65. The number of likely N-dealkylation sites (N-methyl/N-ethyl adjacent to an activating group) is 1. The third kappa shape index (κ3) is 5.20. The molecule has 1 aromatic rings. The zero-order valence-corrected chi connectivity index (χ0v) is 13.3. The minimum atomic E-state index is -0.316. The Labute approximate surface area is 123 Å². The molecule has 0 spiro atoms. The van der Waals surface area contributed by atoms with Gasteiger partial charge in [-0.1, -0.05) is 35.8 Å². The topological polar surface area (TPSA) is 58.4 Å². The Hall–Kier alpha value is -1.07. The average Bonchev–Trinajstić information content (AvgIpc) is 2.34. The molecule has 0 aliphatic rings. The Kier molecular flexibility index (Phi) is 6.31. The second-order valence-electron chi connectivity index (χ2n) is 4.79. The number of carbonyl (C=O) groups excluding carboxylic acids is 1. The van der Waals surface area contributed by atoms with Crippen LogP contribution in [0.15, 0.2) is 22.7 Å². The summed E-state index contributed by atoms with van der Waals surface area (Å²) in [5, 5.41) is 3.38. The normalized spacial score (nSPS) is 10.8. The Morgan fingerprint density at radius 3 is 2.63 bits per heavy atom. The van der Waals surface area contributed by atoms with Crippen LogP contribution in [-0.2, 0) is 11.3 Å². The molecule has 1 rings (SSSR count). The van der Waals surface area contributed by atoms with E-state index in [1.807, 2.05) is 24.0 Å². The first-order valence-corrected chi connectivity index (χ1v) is 7.28. The molecule has 0 saturated heterocycles. The number of carbonyl (C=O) groups is 1. The maximum Gasteiger partial charge on any atom is 0.236 e. The number of nitrogens with zero attached hydrogens (tertiary/aromatic N) is 1. The van der Waals surface area contributed by atoms with Crippen LogP contribution in [0.5, 0.6) is 0 Å². The molecule has 0 unspecified atom stereocenters. The molecule has 0 aliphatic heterocycles. The number of nitrogens with one attached hydrogen (secondary N) is 1. The van der Waals surface area contributed by atoms with Gasteiger partial charge in [0.25, 0.3) is 0 Å². The van der Waals surface area contributed by atoms with Gasteiger partial charge in [-0.15, -0.1) is 0 Å². The van der Waals surface area contributed by atoms with Gasteiger partial charge >= 0.3 is 0 Å². The molecule has 1 amide bonds. The highest BCUT2D eigenvalue weighted by molar-refractivity contribution is 9.10. The van der Waals surface area contributed by atoms with Crippen LogP contribution in [0.25, 0.3) is 0 Å². The Balaban J connectivity index is 2.82. The van der Waals surface area contributed by atoms with Gasteiger partial charge in [-0.3, -0.25) is 4.79 Å². The summed E-state index contributed by atoms with van der Waals surface area (Å²) in [7, 11) is 0. The number of rotatable bonds is 7. The van der Waals surface area contributed by atoms with E-state index in [0.29, 0.717) is 6.04 Å². The van der Waals surface area contributed by atoms with Crippen molar-refractivity contribution in [1.29, 1.82) is 0 Å². The molecule has 19 heavy (non-hydrogen) atoms. The summed E-state index contributed by atoms with van der Waals surface area (Å²) in [6.45, 7) is 8.05. The van der Waals surface area contributed by atoms with Crippen LogP contribution in [0.2, 0.25) is 0 Å². The molecule has 0 radical (unpaired) electrons. The minimum Gasteiger partial charge on any atom is -0.368 e. The highest BCUT2D eigenvalue weighted by Crippen LogP contribution is 2.24. The molecule has 0 fully saturated rings. The van der Waals surface area contributed by atoms with E-state index in [1.165, 1.54) is 5.56 Å². The predicted octanol–water partition coefficient (Wildman–Crippen LogP) is 2.26. The smallest absolute Gasteiger partial charge is 0.236 e. The lowest BCUT2D eigenvalue weighted by Gasteiger charge is -2.22. The van der Waals surface area contributed by atoms with E-state index in [0.717, 1.165) is 23.2 Å². The maximum absolute atomic E-state index is 11.0. The number of benzene rings is 1. The summed E-state index contributed by atoms with van der Waals surface area (Å²) < 4.78 is 1.04. The van der Waals surface area contributed by atoms with Crippen LogP contribution in [0.3, 0.4) is 0 Å². The van der Waals surface area contributed by atoms with Gasteiger partial charge in [0.2, 0.25) is 5.91 Å². The summed E-state index contributed by atoms with van der Waals surface area (Å²) in [4.78, 5) is 13.0. The molecule has 0 atom stereocenters. The quantitative estimate of drug-likeness (QED) is 0.807. The fourth-order valence-electron chi connectivity index (χ4n) is 1.76. The lowest BCUT2D eigenvalue weighted by molar-refractivity contribution is -0.116. The SMILES string of the molecule is CCN(CC(N)=O)c1ccc(CNC(C)C)c(Br)c1. The average molecular weight is 328 g/mol. The van der Waals surface area contributed by atoms with Gasteiger partial charge in [-0.25, -0.2) is 0 Å². The molecule has 0 saturated carbocycles.